The Morgan fingerprint density at radius 1 is 1.69 bits per heavy atom. The van der Waals surface area contributed by atoms with Gasteiger partial charge in [-0.3, -0.25) is 4.90 Å². The maximum atomic E-state index is 9.14. The lowest BCUT2D eigenvalue weighted by atomic mass is 9.83. The second-order valence-corrected chi connectivity index (χ2v) is 4.98. The zero-order valence-corrected chi connectivity index (χ0v) is 9.95. The van der Waals surface area contributed by atoms with Crippen LogP contribution in [0.3, 0.4) is 0 Å². The fourth-order valence-electron chi connectivity index (χ4n) is 2.36. The van der Waals surface area contributed by atoms with Crippen molar-refractivity contribution in [3.05, 3.63) is 17.7 Å². The average Bonchev–Trinajstić information content (AvgIpc) is 2.64. The first kappa shape index (κ1) is 11.2. The molecule has 0 bridgehead atoms. The lowest BCUT2D eigenvalue weighted by molar-refractivity contribution is 0.135. The van der Waals surface area contributed by atoms with Gasteiger partial charge < -0.3 is 4.98 Å². The summed E-state index contributed by atoms with van der Waals surface area (Å²) in [7, 11) is 0. The normalized spacial score (nSPS) is 26.6. The third kappa shape index (κ3) is 2.42. The fraction of sp³-hybridized carbons (Fsp3) is 0.667. The van der Waals surface area contributed by atoms with Crippen molar-refractivity contribution in [1.29, 1.82) is 5.26 Å². The minimum atomic E-state index is -0.173. The zero-order valence-electron chi connectivity index (χ0n) is 9.95. The van der Waals surface area contributed by atoms with Gasteiger partial charge in [0.1, 0.15) is 5.82 Å². The van der Waals surface area contributed by atoms with Crippen LogP contribution in [0, 0.1) is 23.7 Å². The van der Waals surface area contributed by atoms with Crippen molar-refractivity contribution in [3.8, 4) is 6.07 Å². The van der Waals surface area contributed by atoms with E-state index in [-0.39, 0.29) is 5.41 Å². The predicted octanol–water partition coefficient (Wildman–Crippen LogP) is 1.84. The van der Waals surface area contributed by atoms with Gasteiger partial charge in [-0.05, 0) is 33.2 Å². The largest absolute Gasteiger partial charge is 0.345 e. The van der Waals surface area contributed by atoms with E-state index in [1.54, 1.807) is 0 Å². The first-order valence-electron chi connectivity index (χ1n) is 5.75. The van der Waals surface area contributed by atoms with Gasteiger partial charge >= 0.3 is 0 Å². The van der Waals surface area contributed by atoms with Crippen LogP contribution in [0.25, 0.3) is 0 Å². The van der Waals surface area contributed by atoms with Crippen LogP contribution in [0.2, 0.25) is 0 Å². The zero-order chi connectivity index (χ0) is 11.6. The van der Waals surface area contributed by atoms with Crippen LogP contribution in [0.1, 0.15) is 31.3 Å². The molecule has 2 rings (SSSR count). The van der Waals surface area contributed by atoms with Gasteiger partial charge in [-0.1, -0.05) is 0 Å². The minimum absolute atomic E-state index is 0.173. The van der Waals surface area contributed by atoms with Gasteiger partial charge in [0.15, 0.2) is 0 Å². The molecule has 4 nitrogen and oxygen atoms in total. The SMILES string of the molecule is Cc1ncc(CN2CCC[C@@](C)(C#N)C2)[nH]1. The van der Waals surface area contributed by atoms with E-state index in [0.29, 0.717) is 0 Å². The molecule has 1 atom stereocenters. The van der Waals surface area contributed by atoms with Crippen LogP contribution in [0.4, 0.5) is 0 Å². The Balaban J connectivity index is 1.98. The van der Waals surface area contributed by atoms with E-state index in [1.807, 2.05) is 13.1 Å². The Hall–Kier alpha value is -1.34. The maximum Gasteiger partial charge on any atom is 0.103 e. The van der Waals surface area contributed by atoms with Gasteiger partial charge in [-0.25, -0.2) is 4.98 Å². The minimum Gasteiger partial charge on any atom is -0.345 e. The Morgan fingerprint density at radius 2 is 2.50 bits per heavy atom. The highest BCUT2D eigenvalue weighted by atomic mass is 15.1. The number of aromatic nitrogens is 2. The summed E-state index contributed by atoms with van der Waals surface area (Å²) in [6.07, 6.45) is 4.01. The summed E-state index contributed by atoms with van der Waals surface area (Å²) in [5.74, 6) is 0.954. The predicted molar refractivity (Wildman–Crippen MR) is 61.6 cm³/mol. The average molecular weight is 218 g/mol. The summed E-state index contributed by atoms with van der Waals surface area (Å²) in [5.41, 5.74) is 0.965. The summed E-state index contributed by atoms with van der Waals surface area (Å²) in [4.78, 5) is 9.76. The monoisotopic (exact) mass is 218 g/mol. The lowest BCUT2D eigenvalue weighted by Gasteiger charge is -2.35. The highest BCUT2D eigenvalue weighted by Gasteiger charge is 2.30. The van der Waals surface area contributed by atoms with E-state index in [2.05, 4.69) is 27.9 Å². The van der Waals surface area contributed by atoms with E-state index in [0.717, 1.165) is 44.0 Å². The summed E-state index contributed by atoms with van der Waals surface area (Å²) >= 11 is 0. The van der Waals surface area contributed by atoms with Crippen molar-refractivity contribution in [2.75, 3.05) is 13.1 Å². The topological polar surface area (TPSA) is 55.7 Å². The molecule has 0 spiro atoms. The highest BCUT2D eigenvalue weighted by molar-refractivity contribution is 5.03. The molecule has 0 aromatic carbocycles. The van der Waals surface area contributed by atoms with Gasteiger partial charge in [-0.2, -0.15) is 5.26 Å². The van der Waals surface area contributed by atoms with E-state index in [4.69, 9.17) is 5.26 Å². The second kappa shape index (κ2) is 4.26. The summed E-state index contributed by atoms with van der Waals surface area (Å²) in [5, 5.41) is 9.14. The van der Waals surface area contributed by atoms with Crippen LogP contribution in [-0.4, -0.2) is 28.0 Å². The Kier molecular flexibility index (Phi) is 2.97. The highest BCUT2D eigenvalue weighted by Crippen LogP contribution is 2.28. The van der Waals surface area contributed by atoms with Gasteiger partial charge in [0.2, 0.25) is 0 Å². The maximum absolute atomic E-state index is 9.14. The van der Waals surface area contributed by atoms with Gasteiger partial charge in [-0.15, -0.1) is 0 Å². The van der Waals surface area contributed by atoms with E-state index in [9.17, 15) is 0 Å². The van der Waals surface area contributed by atoms with Crippen molar-refractivity contribution in [2.45, 2.75) is 33.2 Å². The van der Waals surface area contributed by atoms with Gasteiger partial charge in [0.25, 0.3) is 0 Å². The number of nitrogens with one attached hydrogen (secondary N) is 1. The fourth-order valence-corrected chi connectivity index (χ4v) is 2.36. The summed E-state index contributed by atoms with van der Waals surface area (Å²) in [6.45, 7) is 6.82. The van der Waals surface area contributed by atoms with Crippen LogP contribution in [-0.2, 0) is 6.54 Å². The van der Waals surface area contributed by atoms with E-state index in [1.165, 1.54) is 0 Å². The van der Waals surface area contributed by atoms with Gasteiger partial charge in [0.05, 0.1) is 11.5 Å². The number of nitriles is 1. The molecule has 1 aliphatic rings. The number of nitrogens with zero attached hydrogens (tertiary/aromatic N) is 3. The number of hydrogen-bond donors (Lipinski definition) is 1. The molecule has 1 aromatic rings. The molecule has 1 fully saturated rings. The first-order valence-corrected chi connectivity index (χ1v) is 5.75. The molecule has 0 aliphatic carbocycles. The number of aromatic amines is 1. The second-order valence-electron chi connectivity index (χ2n) is 4.98. The molecule has 1 N–H and O–H groups in total. The smallest absolute Gasteiger partial charge is 0.103 e. The molecule has 86 valence electrons. The van der Waals surface area contributed by atoms with E-state index >= 15 is 0 Å². The van der Waals surface area contributed by atoms with Crippen molar-refractivity contribution < 1.29 is 0 Å². The quantitative estimate of drug-likeness (QED) is 0.824. The molecule has 0 saturated carbocycles. The van der Waals surface area contributed by atoms with Gasteiger partial charge in [0, 0.05) is 25.0 Å². The molecule has 0 radical (unpaired) electrons. The molecular weight excluding hydrogens is 200 g/mol. The number of hydrogen-bond acceptors (Lipinski definition) is 3. The van der Waals surface area contributed by atoms with Crippen molar-refractivity contribution in [1.82, 2.24) is 14.9 Å². The first-order chi connectivity index (χ1) is 7.61. The van der Waals surface area contributed by atoms with Crippen molar-refractivity contribution in [2.24, 2.45) is 5.41 Å². The Labute approximate surface area is 96.3 Å². The molecular formula is C12H18N4. The molecule has 1 saturated heterocycles. The number of rotatable bonds is 2. The molecule has 4 heteroatoms. The molecule has 2 heterocycles. The third-order valence-electron chi connectivity index (χ3n) is 3.19. The number of aryl methyl sites for hydroxylation is 1. The lowest BCUT2D eigenvalue weighted by Crippen LogP contribution is -2.40. The van der Waals surface area contributed by atoms with E-state index < -0.39 is 0 Å². The van der Waals surface area contributed by atoms with Crippen LogP contribution in [0.15, 0.2) is 6.20 Å². The number of imidazole rings is 1. The third-order valence-corrected chi connectivity index (χ3v) is 3.19. The Morgan fingerprint density at radius 3 is 3.12 bits per heavy atom. The Bertz CT molecular complexity index is 403. The molecule has 0 unspecified atom stereocenters. The van der Waals surface area contributed by atoms with Crippen molar-refractivity contribution >= 4 is 0 Å². The van der Waals surface area contributed by atoms with Crippen LogP contribution < -0.4 is 0 Å². The number of piperidine rings is 1. The standard InChI is InChI=1S/C12H18N4/c1-10-14-6-11(15-10)7-16-5-3-4-12(2,8-13)9-16/h6H,3-5,7,9H2,1-2H3,(H,14,15)/t12-/m0/s1. The van der Waals surface area contributed by atoms with Crippen molar-refractivity contribution in [3.63, 3.8) is 0 Å². The summed E-state index contributed by atoms with van der Waals surface area (Å²) < 4.78 is 0. The molecule has 0 amide bonds. The molecule has 1 aliphatic heterocycles. The number of H-pyrrole nitrogens is 1. The summed E-state index contributed by atoms with van der Waals surface area (Å²) in [6, 6.07) is 2.43. The van der Waals surface area contributed by atoms with Crippen LogP contribution in [0.5, 0.6) is 0 Å². The molecule has 16 heavy (non-hydrogen) atoms. The molecule has 1 aromatic heterocycles. The van der Waals surface area contributed by atoms with Crippen LogP contribution >= 0.6 is 0 Å². The number of likely N-dealkylation sites (tertiary alicyclic amines) is 1.